The number of fused-ring (bicyclic) bond motifs is 1. The highest BCUT2D eigenvalue weighted by molar-refractivity contribution is 5.78. The maximum absolute atomic E-state index is 13.0. The zero-order valence-corrected chi connectivity index (χ0v) is 17.6. The van der Waals surface area contributed by atoms with Gasteiger partial charge in [0.25, 0.3) is 0 Å². The molecule has 2 aromatic rings. The fourth-order valence-electron chi connectivity index (χ4n) is 4.12. The van der Waals surface area contributed by atoms with Gasteiger partial charge in [-0.2, -0.15) is 13.2 Å². The van der Waals surface area contributed by atoms with Crippen molar-refractivity contribution < 1.29 is 22.6 Å². The van der Waals surface area contributed by atoms with E-state index in [1.165, 1.54) is 12.1 Å². The molecule has 9 heteroatoms. The molecule has 2 heterocycles. The van der Waals surface area contributed by atoms with Crippen molar-refractivity contribution in [2.24, 2.45) is 10.7 Å². The summed E-state index contributed by atoms with van der Waals surface area (Å²) in [6.45, 7) is 3.43. The molecule has 2 aliphatic rings. The van der Waals surface area contributed by atoms with Crippen molar-refractivity contribution in [3.05, 3.63) is 65.2 Å². The second-order valence-corrected chi connectivity index (χ2v) is 7.88. The van der Waals surface area contributed by atoms with Crippen LogP contribution in [0.2, 0.25) is 0 Å². The Balaban J connectivity index is 1.49. The first-order valence-electron chi connectivity index (χ1n) is 10.7. The average molecular weight is 448 g/mol. The molecule has 1 saturated heterocycles. The Kier molecular flexibility index (Phi) is 6.86. The molecule has 172 valence electrons. The van der Waals surface area contributed by atoms with Gasteiger partial charge in [-0.15, -0.1) is 0 Å². The lowest BCUT2D eigenvalue weighted by molar-refractivity contribution is -0.137. The van der Waals surface area contributed by atoms with Crippen LogP contribution >= 0.6 is 0 Å². The van der Waals surface area contributed by atoms with Gasteiger partial charge in [0, 0.05) is 25.1 Å². The number of rotatable bonds is 5. The monoisotopic (exact) mass is 448 g/mol. The molecule has 2 unspecified atom stereocenters. The number of aliphatic imine (C=N–C) groups is 1. The number of ether oxygens (including phenoxy) is 2. The number of nitrogens with zero attached hydrogens (tertiary/aromatic N) is 2. The Labute approximate surface area is 185 Å². The van der Waals surface area contributed by atoms with Crippen LogP contribution in [-0.4, -0.2) is 50.3 Å². The molecule has 3 N–H and O–H groups in total. The van der Waals surface area contributed by atoms with E-state index in [1.807, 2.05) is 24.3 Å². The van der Waals surface area contributed by atoms with Crippen molar-refractivity contribution in [1.82, 2.24) is 10.2 Å². The summed E-state index contributed by atoms with van der Waals surface area (Å²) in [5.74, 6) is 1.14. The van der Waals surface area contributed by atoms with Gasteiger partial charge in [-0.3, -0.25) is 9.89 Å². The fourth-order valence-corrected chi connectivity index (χ4v) is 4.12. The molecule has 0 amide bonds. The van der Waals surface area contributed by atoms with E-state index in [0.29, 0.717) is 45.4 Å². The van der Waals surface area contributed by atoms with Crippen molar-refractivity contribution in [1.29, 1.82) is 0 Å². The zero-order valence-electron chi connectivity index (χ0n) is 17.6. The summed E-state index contributed by atoms with van der Waals surface area (Å²) < 4.78 is 50.0. The maximum atomic E-state index is 13.0. The summed E-state index contributed by atoms with van der Waals surface area (Å²) in [5.41, 5.74) is 7.35. The number of benzene rings is 2. The number of hydrogen-bond donors (Lipinski definition) is 2. The van der Waals surface area contributed by atoms with E-state index in [2.05, 4.69) is 15.2 Å². The largest absolute Gasteiger partial charge is 0.493 e. The number of hydrogen-bond acceptors (Lipinski definition) is 4. The Morgan fingerprint density at radius 1 is 1.09 bits per heavy atom. The van der Waals surface area contributed by atoms with Crippen molar-refractivity contribution in [2.45, 2.75) is 24.7 Å². The van der Waals surface area contributed by atoms with E-state index in [0.717, 1.165) is 35.4 Å². The third kappa shape index (κ3) is 5.34. The molecule has 2 aliphatic heterocycles. The van der Waals surface area contributed by atoms with Gasteiger partial charge in [0.05, 0.1) is 44.0 Å². The lowest BCUT2D eigenvalue weighted by atomic mass is 10.0. The van der Waals surface area contributed by atoms with Crippen molar-refractivity contribution in [2.75, 3.05) is 39.5 Å². The second-order valence-electron chi connectivity index (χ2n) is 7.88. The van der Waals surface area contributed by atoms with E-state index >= 15 is 0 Å². The topological polar surface area (TPSA) is 72.1 Å². The van der Waals surface area contributed by atoms with Crippen LogP contribution in [0.5, 0.6) is 5.75 Å². The summed E-state index contributed by atoms with van der Waals surface area (Å²) in [7, 11) is 0. The van der Waals surface area contributed by atoms with E-state index in [9.17, 15) is 13.2 Å². The quantitative estimate of drug-likeness (QED) is 0.541. The van der Waals surface area contributed by atoms with Gasteiger partial charge >= 0.3 is 6.18 Å². The lowest BCUT2D eigenvalue weighted by Gasteiger charge is -2.34. The van der Waals surface area contributed by atoms with E-state index < -0.39 is 11.7 Å². The summed E-state index contributed by atoms with van der Waals surface area (Å²) in [5, 5.41) is 3.27. The van der Waals surface area contributed by atoms with Gasteiger partial charge in [0.1, 0.15) is 5.75 Å². The number of guanidine groups is 1. The van der Waals surface area contributed by atoms with Crippen molar-refractivity contribution in [3.63, 3.8) is 0 Å². The summed E-state index contributed by atoms with van der Waals surface area (Å²) >= 11 is 0. The number of nitrogens with one attached hydrogen (secondary N) is 1. The van der Waals surface area contributed by atoms with Crippen LogP contribution in [0.25, 0.3) is 0 Å². The van der Waals surface area contributed by atoms with Crippen LogP contribution in [0.1, 0.15) is 35.2 Å². The summed E-state index contributed by atoms with van der Waals surface area (Å²) in [6, 6.07) is 12.9. The van der Waals surface area contributed by atoms with Crippen LogP contribution < -0.4 is 15.8 Å². The molecule has 0 spiro atoms. The molecule has 4 rings (SSSR count). The average Bonchev–Trinajstić information content (AvgIpc) is 2.80. The summed E-state index contributed by atoms with van der Waals surface area (Å²) in [6.07, 6.45) is -3.60. The standard InChI is InChI=1S/C23H27F3N4O2/c24-23(25,26)17-7-5-16(6-8-17)20(30-10-13-31-14-11-30)15-28-22(27)29-19-9-12-32-21-4-2-1-3-18(19)21/h1-8,19-20H,9-15H2,(H3,27,28,29). The third-order valence-electron chi connectivity index (χ3n) is 5.82. The SMILES string of the molecule is NC(=NCC(c1ccc(C(F)(F)F)cc1)N1CCOCC1)NC1CCOc2ccccc21. The molecule has 0 bridgehead atoms. The number of alkyl halides is 3. The van der Waals surface area contributed by atoms with Crippen LogP contribution in [0.3, 0.4) is 0 Å². The first-order chi connectivity index (χ1) is 15.4. The van der Waals surface area contributed by atoms with Gasteiger partial charge < -0.3 is 20.5 Å². The molecule has 0 saturated carbocycles. The van der Waals surface area contributed by atoms with Gasteiger partial charge in [-0.05, 0) is 23.8 Å². The first kappa shape index (κ1) is 22.4. The van der Waals surface area contributed by atoms with Crippen LogP contribution in [0, 0.1) is 0 Å². The normalized spacial score (nSPS) is 20.8. The van der Waals surface area contributed by atoms with Gasteiger partial charge in [0.15, 0.2) is 5.96 Å². The molecule has 2 atom stereocenters. The molecular weight excluding hydrogens is 421 g/mol. The number of para-hydroxylation sites is 1. The highest BCUT2D eigenvalue weighted by atomic mass is 19.4. The molecule has 32 heavy (non-hydrogen) atoms. The Hall–Kier alpha value is -2.78. The number of morpholine rings is 1. The fraction of sp³-hybridized carbons (Fsp3) is 0.435. The summed E-state index contributed by atoms with van der Waals surface area (Å²) in [4.78, 5) is 6.73. The zero-order chi connectivity index (χ0) is 22.6. The molecule has 0 aliphatic carbocycles. The smallest absolute Gasteiger partial charge is 0.416 e. The molecular formula is C23H27F3N4O2. The van der Waals surface area contributed by atoms with Crippen molar-refractivity contribution in [3.8, 4) is 5.75 Å². The minimum Gasteiger partial charge on any atom is -0.493 e. The number of halogens is 3. The Bertz CT molecular complexity index is 928. The van der Waals surface area contributed by atoms with E-state index in [4.69, 9.17) is 15.2 Å². The predicted octanol–water partition coefficient (Wildman–Crippen LogP) is 3.51. The van der Waals surface area contributed by atoms with Crippen LogP contribution in [0.15, 0.2) is 53.5 Å². The van der Waals surface area contributed by atoms with Crippen molar-refractivity contribution >= 4 is 5.96 Å². The lowest BCUT2D eigenvalue weighted by Crippen LogP contribution is -2.41. The minimum absolute atomic E-state index is 0.00314. The Morgan fingerprint density at radius 2 is 1.81 bits per heavy atom. The molecule has 1 fully saturated rings. The predicted molar refractivity (Wildman–Crippen MR) is 115 cm³/mol. The van der Waals surface area contributed by atoms with Gasteiger partial charge in [-0.25, -0.2) is 0 Å². The van der Waals surface area contributed by atoms with Gasteiger partial charge in [-0.1, -0.05) is 30.3 Å². The first-order valence-corrected chi connectivity index (χ1v) is 10.7. The highest BCUT2D eigenvalue weighted by Crippen LogP contribution is 2.32. The molecule has 0 aromatic heterocycles. The molecule has 2 aromatic carbocycles. The van der Waals surface area contributed by atoms with E-state index in [-0.39, 0.29) is 12.1 Å². The number of nitrogens with two attached hydrogens (primary N) is 1. The minimum atomic E-state index is -4.36. The van der Waals surface area contributed by atoms with Gasteiger partial charge in [0.2, 0.25) is 0 Å². The highest BCUT2D eigenvalue weighted by Gasteiger charge is 2.31. The third-order valence-corrected chi connectivity index (χ3v) is 5.82. The molecule has 6 nitrogen and oxygen atoms in total. The van der Waals surface area contributed by atoms with Crippen LogP contribution in [-0.2, 0) is 10.9 Å². The van der Waals surface area contributed by atoms with Crippen LogP contribution in [0.4, 0.5) is 13.2 Å². The molecule has 0 radical (unpaired) electrons. The Morgan fingerprint density at radius 3 is 2.53 bits per heavy atom. The second kappa shape index (κ2) is 9.79. The maximum Gasteiger partial charge on any atom is 0.416 e. The van der Waals surface area contributed by atoms with E-state index in [1.54, 1.807) is 0 Å².